The van der Waals surface area contributed by atoms with E-state index in [-0.39, 0.29) is 6.10 Å². The fourth-order valence-electron chi connectivity index (χ4n) is 4.83. The van der Waals surface area contributed by atoms with Gasteiger partial charge in [0.15, 0.2) is 0 Å². The normalized spacial score (nSPS) is 26.3. The number of halogens is 1. The Balaban J connectivity index is 1.56. The van der Waals surface area contributed by atoms with Crippen LogP contribution < -0.4 is 4.90 Å². The molecule has 3 aromatic rings. The molecule has 2 heterocycles. The molecule has 3 aromatic carbocycles. The Bertz CT molecular complexity index is 1010. The molecule has 1 saturated heterocycles. The average molecular weight is 423 g/mol. The summed E-state index contributed by atoms with van der Waals surface area (Å²) in [5.41, 5.74) is 4.07. The fourth-order valence-corrected chi connectivity index (χ4v) is 6.13. The van der Waals surface area contributed by atoms with Gasteiger partial charge in [-0.15, -0.1) is 0 Å². The Morgan fingerprint density at radius 1 is 0.966 bits per heavy atom. The first kappa shape index (κ1) is 19.2. The SMILES string of the molecule is C[C@@H]1[C@H](c2ccccc2)OCC[NH+]1[C@@H]1Cc2ccccc2Sc2ccc(Cl)cc21. The van der Waals surface area contributed by atoms with Gasteiger partial charge in [0.25, 0.3) is 0 Å². The van der Waals surface area contributed by atoms with Gasteiger partial charge >= 0.3 is 0 Å². The zero-order valence-electron chi connectivity index (χ0n) is 16.5. The number of nitrogens with one attached hydrogen (secondary N) is 1. The molecule has 148 valence electrons. The van der Waals surface area contributed by atoms with Crippen molar-refractivity contribution < 1.29 is 9.64 Å². The van der Waals surface area contributed by atoms with Gasteiger partial charge in [0, 0.05) is 26.8 Å². The number of benzene rings is 3. The second-order valence-corrected chi connectivity index (χ2v) is 9.48. The minimum Gasteiger partial charge on any atom is -0.361 e. The Morgan fingerprint density at radius 3 is 2.62 bits per heavy atom. The molecule has 2 aliphatic rings. The van der Waals surface area contributed by atoms with Crippen LogP contribution >= 0.6 is 23.4 Å². The topological polar surface area (TPSA) is 13.7 Å². The van der Waals surface area contributed by atoms with Gasteiger partial charge in [0.1, 0.15) is 24.7 Å². The summed E-state index contributed by atoms with van der Waals surface area (Å²) in [5, 5.41) is 0.820. The van der Waals surface area contributed by atoms with E-state index in [9.17, 15) is 0 Å². The lowest BCUT2D eigenvalue weighted by atomic mass is 9.92. The first-order valence-electron chi connectivity index (χ1n) is 10.3. The summed E-state index contributed by atoms with van der Waals surface area (Å²) < 4.78 is 6.26. The van der Waals surface area contributed by atoms with Gasteiger partial charge in [-0.3, -0.25) is 0 Å². The maximum atomic E-state index is 6.46. The minimum absolute atomic E-state index is 0.119. The lowest BCUT2D eigenvalue weighted by molar-refractivity contribution is -0.966. The Kier molecular flexibility index (Phi) is 5.40. The quantitative estimate of drug-likeness (QED) is 0.614. The molecule has 1 N–H and O–H groups in total. The fraction of sp³-hybridized carbons (Fsp3) is 0.280. The van der Waals surface area contributed by atoms with Gasteiger partial charge in [0.05, 0.1) is 6.61 Å². The van der Waals surface area contributed by atoms with E-state index in [1.54, 1.807) is 4.90 Å². The maximum Gasteiger partial charge on any atom is 0.134 e. The van der Waals surface area contributed by atoms with Crippen LogP contribution in [-0.4, -0.2) is 19.2 Å². The summed E-state index contributed by atoms with van der Waals surface area (Å²) in [5.74, 6) is 0. The number of hydrogen-bond donors (Lipinski definition) is 1. The number of rotatable bonds is 2. The summed E-state index contributed by atoms with van der Waals surface area (Å²) in [6.45, 7) is 4.12. The molecule has 0 bridgehead atoms. The summed E-state index contributed by atoms with van der Waals surface area (Å²) in [7, 11) is 0. The minimum atomic E-state index is 0.119. The molecule has 2 nitrogen and oxygen atoms in total. The average Bonchev–Trinajstić information content (AvgIpc) is 2.91. The molecule has 0 saturated carbocycles. The van der Waals surface area contributed by atoms with Gasteiger partial charge in [-0.25, -0.2) is 0 Å². The summed E-state index contributed by atoms with van der Waals surface area (Å²) in [6, 6.07) is 26.6. The molecule has 5 rings (SSSR count). The summed E-state index contributed by atoms with van der Waals surface area (Å²) >= 11 is 8.34. The molecule has 0 amide bonds. The molecule has 1 unspecified atom stereocenters. The van der Waals surface area contributed by atoms with E-state index in [0.29, 0.717) is 12.1 Å². The number of fused-ring (bicyclic) bond motifs is 2. The molecule has 0 aromatic heterocycles. The Morgan fingerprint density at radius 2 is 1.76 bits per heavy atom. The van der Waals surface area contributed by atoms with Gasteiger partial charge < -0.3 is 9.64 Å². The summed E-state index contributed by atoms with van der Waals surface area (Å²) in [4.78, 5) is 4.27. The van der Waals surface area contributed by atoms with E-state index in [1.165, 1.54) is 26.5 Å². The Hall–Kier alpha value is -1.78. The van der Waals surface area contributed by atoms with Crippen LogP contribution in [0.4, 0.5) is 0 Å². The highest BCUT2D eigenvalue weighted by Gasteiger charge is 2.40. The van der Waals surface area contributed by atoms with Gasteiger partial charge in [0.2, 0.25) is 0 Å². The Labute approximate surface area is 181 Å². The molecule has 4 atom stereocenters. The lowest BCUT2D eigenvalue weighted by Gasteiger charge is -2.41. The number of ether oxygens (including phenoxy) is 1. The predicted octanol–water partition coefficient (Wildman–Crippen LogP) is 5.13. The van der Waals surface area contributed by atoms with Crippen LogP contribution in [0.1, 0.15) is 35.8 Å². The smallest absolute Gasteiger partial charge is 0.134 e. The van der Waals surface area contributed by atoms with Gasteiger partial charge in [-0.1, -0.05) is 71.9 Å². The molecule has 2 aliphatic heterocycles. The van der Waals surface area contributed by atoms with E-state index in [2.05, 4.69) is 73.7 Å². The van der Waals surface area contributed by atoms with Crippen LogP contribution in [0.5, 0.6) is 0 Å². The highest BCUT2D eigenvalue weighted by atomic mass is 35.5. The first-order chi connectivity index (χ1) is 14.2. The highest BCUT2D eigenvalue weighted by molar-refractivity contribution is 7.99. The van der Waals surface area contributed by atoms with Crippen LogP contribution in [0.2, 0.25) is 5.02 Å². The third-order valence-corrected chi connectivity index (χ3v) is 7.71. The van der Waals surface area contributed by atoms with Crippen LogP contribution in [0, 0.1) is 0 Å². The van der Waals surface area contributed by atoms with E-state index in [4.69, 9.17) is 16.3 Å². The predicted molar refractivity (Wildman–Crippen MR) is 119 cm³/mol. The van der Waals surface area contributed by atoms with Gasteiger partial charge in [-0.2, -0.15) is 0 Å². The first-order valence-corrected chi connectivity index (χ1v) is 11.5. The van der Waals surface area contributed by atoms with Crippen LogP contribution in [0.3, 0.4) is 0 Å². The van der Waals surface area contributed by atoms with Crippen molar-refractivity contribution in [2.75, 3.05) is 13.2 Å². The second kappa shape index (κ2) is 8.16. The van der Waals surface area contributed by atoms with Crippen LogP contribution in [0.25, 0.3) is 0 Å². The maximum absolute atomic E-state index is 6.46. The number of quaternary nitrogens is 1. The zero-order chi connectivity index (χ0) is 19.8. The van der Waals surface area contributed by atoms with Gasteiger partial charge in [-0.05, 0) is 42.3 Å². The third kappa shape index (κ3) is 3.73. The monoisotopic (exact) mass is 422 g/mol. The molecule has 0 radical (unpaired) electrons. The molecular formula is C25H25ClNOS+. The van der Waals surface area contributed by atoms with Crippen molar-refractivity contribution in [3.05, 3.63) is 94.5 Å². The van der Waals surface area contributed by atoms with Crippen molar-refractivity contribution in [3.63, 3.8) is 0 Å². The molecule has 1 fully saturated rings. The third-order valence-electron chi connectivity index (χ3n) is 6.27. The molecular weight excluding hydrogens is 398 g/mol. The zero-order valence-corrected chi connectivity index (χ0v) is 18.0. The molecule has 4 heteroatoms. The van der Waals surface area contributed by atoms with Crippen LogP contribution in [-0.2, 0) is 11.2 Å². The standard InChI is InChI=1S/C25H24ClNOS/c1-17-25(18-7-3-2-4-8-18)28-14-13-27(17)22-15-19-9-5-6-10-23(19)29-24-12-11-20(26)16-21(22)24/h2-12,16-17,22,25H,13-15H2,1H3/p+1/t17-,22-,25-/m1/s1. The van der Waals surface area contributed by atoms with Crippen molar-refractivity contribution >= 4 is 23.4 Å². The van der Waals surface area contributed by atoms with E-state index in [0.717, 1.165) is 24.6 Å². The highest BCUT2D eigenvalue weighted by Crippen LogP contribution is 2.41. The van der Waals surface area contributed by atoms with E-state index in [1.807, 2.05) is 17.8 Å². The largest absolute Gasteiger partial charge is 0.361 e. The molecule has 29 heavy (non-hydrogen) atoms. The number of hydrogen-bond acceptors (Lipinski definition) is 2. The number of morpholine rings is 1. The molecule has 0 aliphatic carbocycles. The lowest BCUT2D eigenvalue weighted by Crippen LogP contribution is -3.18. The van der Waals surface area contributed by atoms with Crippen molar-refractivity contribution in [1.29, 1.82) is 0 Å². The second-order valence-electron chi connectivity index (χ2n) is 7.96. The van der Waals surface area contributed by atoms with E-state index >= 15 is 0 Å². The summed E-state index contributed by atoms with van der Waals surface area (Å²) in [6.07, 6.45) is 1.14. The van der Waals surface area contributed by atoms with Crippen molar-refractivity contribution in [3.8, 4) is 0 Å². The van der Waals surface area contributed by atoms with E-state index < -0.39 is 0 Å². The van der Waals surface area contributed by atoms with Crippen LogP contribution in [0.15, 0.2) is 82.6 Å². The van der Waals surface area contributed by atoms with Crippen molar-refractivity contribution in [2.24, 2.45) is 0 Å². The van der Waals surface area contributed by atoms with Crippen molar-refractivity contribution in [2.45, 2.75) is 41.3 Å². The molecule has 0 spiro atoms. The van der Waals surface area contributed by atoms with Crippen molar-refractivity contribution in [1.82, 2.24) is 0 Å².